The fourth-order valence-corrected chi connectivity index (χ4v) is 4.53. The maximum absolute atomic E-state index is 13.9. The largest absolute Gasteiger partial charge is 0.372 e. The van der Waals surface area contributed by atoms with Crippen LogP contribution in [0.1, 0.15) is 24.1 Å². The molecule has 5 rings (SSSR count). The van der Waals surface area contributed by atoms with Gasteiger partial charge in [-0.15, -0.1) is 0 Å². The Kier molecular flexibility index (Phi) is 3.97. The van der Waals surface area contributed by atoms with Crippen molar-refractivity contribution in [2.45, 2.75) is 24.8 Å². The van der Waals surface area contributed by atoms with Crippen LogP contribution in [0.3, 0.4) is 0 Å². The molecule has 0 saturated carbocycles. The number of likely N-dealkylation sites (tertiary alicyclic amines) is 1. The lowest BCUT2D eigenvalue weighted by molar-refractivity contribution is -0.132. The second-order valence-corrected chi connectivity index (χ2v) is 7.64. The molecule has 1 spiro atoms. The summed E-state index contributed by atoms with van der Waals surface area (Å²) in [5, 5.41) is 3.75. The standard InChI is InChI=1S/C23H22FN3O/c24-18-7-2-1-6-17(18)16-22(28)26-14-11-23(12-15-26)21-10-5-13-27(21)20-9-4-3-8-19(20)25-23/h1-10,13,25H,11-12,14-16H2. The molecule has 0 radical (unpaired) electrons. The zero-order valence-corrected chi connectivity index (χ0v) is 15.6. The van der Waals surface area contributed by atoms with Crippen LogP contribution in [0.5, 0.6) is 0 Å². The molecule has 1 aromatic heterocycles. The lowest BCUT2D eigenvalue weighted by atomic mass is 9.82. The van der Waals surface area contributed by atoms with Crippen LogP contribution in [-0.2, 0) is 16.8 Å². The first-order chi connectivity index (χ1) is 13.7. The predicted octanol–water partition coefficient (Wildman–Crippen LogP) is 4.10. The highest BCUT2D eigenvalue weighted by Gasteiger charge is 2.42. The molecule has 3 aromatic rings. The van der Waals surface area contributed by atoms with E-state index in [1.165, 1.54) is 11.8 Å². The third kappa shape index (κ3) is 2.70. The molecule has 2 aliphatic rings. The van der Waals surface area contributed by atoms with Gasteiger partial charge in [0.25, 0.3) is 0 Å². The van der Waals surface area contributed by atoms with Crippen molar-refractivity contribution in [1.29, 1.82) is 0 Å². The molecule has 142 valence electrons. The molecule has 28 heavy (non-hydrogen) atoms. The van der Waals surface area contributed by atoms with E-state index >= 15 is 0 Å². The third-order valence-corrected chi connectivity index (χ3v) is 6.05. The van der Waals surface area contributed by atoms with Gasteiger partial charge in [-0.25, -0.2) is 4.39 Å². The number of fused-ring (bicyclic) bond motifs is 4. The van der Waals surface area contributed by atoms with E-state index in [0.717, 1.165) is 24.2 Å². The molecule has 3 heterocycles. The minimum Gasteiger partial charge on any atom is -0.372 e. The second-order valence-electron chi connectivity index (χ2n) is 7.64. The van der Waals surface area contributed by atoms with Crippen molar-refractivity contribution < 1.29 is 9.18 Å². The summed E-state index contributed by atoms with van der Waals surface area (Å²) in [6.45, 7) is 1.32. The highest BCUT2D eigenvalue weighted by Crippen LogP contribution is 2.43. The Bertz CT molecular complexity index is 1030. The lowest BCUT2D eigenvalue weighted by Gasteiger charge is -2.46. The molecule has 2 aliphatic heterocycles. The molecule has 0 aliphatic carbocycles. The van der Waals surface area contributed by atoms with Gasteiger partial charge < -0.3 is 14.8 Å². The number of para-hydroxylation sites is 2. The summed E-state index contributed by atoms with van der Waals surface area (Å²) >= 11 is 0. The zero-order valence-electron chi connectivity index (χ0n) is 15.6. The molecule has 1 fully saturated rings. The van der Waals surface area contributed by atoms with Gasteiger partial charge in [0.2, 0.25) is 5.91 Å². The fourth-order valence-electron chi connectivity index (χ4n) is 4.53. The number of carbonyl (C=O) groups is 1. The topological polar surface area (TPSA) is 37.3 Å². The Morgan fingerprint density at radius 3 is 2.57 bits per heavy atom. The number of nitrogens with one attached hydrogen (secondary N) is 1. The predicted molar refractivity (Wildman–Crippen MR) is 107 cm³/mol. The summed E-state index contributed by atoms with van der Waals surface area (Å²) in [5.74, 6) is -0.320. The number of halogens is 1. The highest BCUT2D eigenvalue weighted by atomic mass is 19.1. The summed E-state index contributed by atoms with van der Waals surface area (Å²) in [6.07, 6.45) is 3.88. The number of carbonyl (C=O) groups excluding carboxylic acids is 1. The minimum absolute atomic E-state index is 0.00783. The first-order valence-electron chi connectivity index (χ1n) is 9.73. The Hall–Kier alpha value is -3.08. The van der Waals surface area contributed by atoms with Crippen molar-refractivity contribution in [2.75, 3.05) is 18.4 Å². The van der Waals surface area contributed by atoms with E-state index in [9.17, 15) is 9.18 Å². The van der Waals surface area contributed by atoms with Crippen LogP contribution >= 0.6 is 0 Å². The quantitative estimate of drug-likeness (QED) is 0.732. The number of piperidine rings is 1. The van der Waals surface area contributed by atoms with Crippen molar-refractivity contribution in [3.8, 4) is 5.69 Å². The number of hydrogen-bond acceptors (Lipinski definition) is 2. The first kappa shape index (κ1) is 17.0. The summed E-state index contributed by atoms with van der Waals surface area (Å²) < 4.78 is 16.1. The molecule has 1 saturated heterocycles. The third-order valence-electron chi connectivity index (χ3n) is 6.05. The summed E-state index contributed by atoms with van der Waals surface area (Å²) in [5.41, 5.74) is 3.81. The van der Waals surface area contributed by atoms with Gasteiger partial charge in [-0.05, 0) is 48.7 Å². The number of aromatic nitrogens is 1. The second kappa shape index (κ2) is 6.51. The lowest BCUT2D eigenvalue weighted by Crippen LogP contribution is -2.51. The number of benzene rings is 2. The van der Waals surface area contributed by atoms with Gasteiger partial charge in [0, 0.05) is 25.0 Å². The van der Waals surface area contributed by atoms with E-state index in [1.807, 2.05) is 17.0 Å². The summed E-state index contributed by atoms with van der Waals surface area (Å²) in [6, 6.07) is 19.1. The zero-order chi connectivity index (χ0) is 19.1. The van der Waals surface area contributed by atoms with E-state index in [4.69, 9.17) is 0 Å². The van der Waals surface area contributed by atoms with Crippen LogP contribution in [0.15, 0.2) is 66.9 Å². The molecule has 4 nitrogen and oxygen atoms in total. The Balaban J connectivity index is 1.35. The maximum Gasteiger partial charge on any atom is 0.227 e. The number of nitrogens with zero attached hydrogens (tertiary/aromatic N) is 2. The molecular weight excluding hydrogens is 353 g/mol. The van der Waals surface area contributed by atoms with Gasteiger partial charge in [-0.3, -0.25) is 4.79 Å². The number of anilines is 1. The van der Waals surface area contributed by atoms with Gasteiger partial charge >= 0.3 is 0 Å². The molecular formula is C23H22FN3O. The van der Waals surface area contributed by atoms with Gasteiger partial charge in [-0.1, -0.05) is 30.3 Å². The van der Waals surface area contributed by atoms with Crippen LogP contribution in [0.2, 0.25) is 0 Å². The van der Waals surface area contributed by atoms with Crippen LogP contribution in [0.4, 0.5) is 10.1 Å². The molecule has 2 aromatic carbocycles. The SMILES string of the molecule is O=C(Cc1ccccc1F)N1CCC2(CC1)Nc1ccccc1-n1cccc12. The Labute approximate surface area is 163 Å². The summed E-state index contributed by atoms with van der Waals surface area (Å²) in [7, 11) is 0. The molecule has 0 atom stereocenters. The molecule has 0 bridgehead atoms. The Morgan fingerprint density at radius 1 is 1.00 bits per heavy atom. The van der Waals surface area contributed by atoms with Crippen molar-refractivity contribution in [1.82, 2.24) is 9.47 Å². The number of hydrogen-bond donors (Lipinski definition) is 1. The highest BCUT2D eigenvalue weighted by molar-refractivity contribution is 5.79. The first-order valence-corrected chi connectivity index (χ1v) is 9.73. The van der Waals surface area contributed by atoms with Crippen LogP contribution in [-0.4, -0.2) is 28.5 Å². The van der Waals surface area contributed by atoms with Gasteiger partial charge in [0.05, 0.1) is 23.3 Å². The van der Waals surface area contributed by atoms with Crippen LogP contribution < -0.4 is 5.32 Å². The minimum atomic E-state index is -0.312. The van der Waals surface area contributed by atoms with Crippen molar-refractivity contribution in [3.05, 3.63) is 83.9 Å². The Morgan fingerprint density at radius 2 is 1.75 bits per heavy atom. The van der Waals surface area contributed by atoms with E-state index in [-0.39, 0.29) is 23.7 Å². The normalized spacial score (nSPS) is 17.0. The summed E-state index contributed by atoms with van der Waals surface area (Å²) in [4.78, 5) is 14.6. The maximum atomic E-state index is 13.9. The van der Waals surface area contributed by atoms with Crippen molar-refractivity contribution in [2.24, 2.45) is 0 Å². The molecule has 5 heteroatoms. The van der Waals surface area contributed by atoms with Crippen LogP contribution in [0, 0.1) is 5.82 Å². The number of rotatable bonds is 2. The van der Waals surface area contributed by atoms with E-state index in [0.29, 0.717) is 18.7 Å². The average Bonchev–Trinajstić information content (AvgIpc) is 3.22. The van der Waals surface area contributed by atoms with Gasteiger partial charge in [-0.2, -0.15) is 0 Å². The van der Waals surface area contributed by atoms with Crippen molar-refractivity contribution >= 4 is 11.6 Å². The van der Waals surface area contributed by atoms with E-state index < -0.39 is 0 Å². The van der Waals surface area contributed by atoms with E-state index in [1.54, 1.807) is 18.2 Å². The monoisotopic (exact) mass is 375 g/mol. The van der Waals surface area contributed by atoms with Crippen molar-refractivity contribution in [3.63, 3.8) is 0 Å². The van der Waals surface area contributed by atoms with E-state index in [2.05, 4.69) is 40.3 Å². The molecule has 1 N–H and O–H groups in total. The van der Waals surface area contributed by atoms with Gasteiger partial charge in [0.15, 0.2) is 0 Å². The molecule has 0 unspecified atom stereocenters. The number of amides is 1. The average molecular weight is 375 g/mol. The van der Waals surface area contributed by atoms with Gasteiger partial charge in [0.1, 0.15) is 5.82 Å². The fraction of sp³-hybridized carbons (Fsp3) is 0.261. The smallest absolute Gasteiger partial charge is 0.227 e. The van der Waals surface area contributed by atoms with Crippen LogP contribution in [0.25, 0.3) is 5.69 Å². The molecule has 1 amide bonds.